The predicted octanol–water partition coefficient (Wildman–Crippen LogP) is 1.26. The van der Waals surface area contributed by atoms with Gasteiger partial charge in [0.2, 0.25) is 5.91 Å². The number of imide groups is 1. The SMILES string of the molecule is COC(=O)CCSCC(=O)NN1C(=O)N[C@](C)(CCc2ccccc2)C1=O. The van der Waals surface area contributed by atoms with Crippen LogP contribution in [0.4, 0.5) is 4.79 Å². The van der Waals surface area contributed by atoms with Gasteiger partial charge in [-0.25, -0.2) is 4.79 Å². The standard InChI is InChI=1S/C18H23N3O5S/c1-18(10-8-13-6-4-3-5-7-13)16(24)21(17(25)19-18)20-14(22)12-27-11-9-15(23)26-2/h3-7H,8-12H2,1-2H3,(H,19,25)(H,20,22)/t18-/m1/s1. The number of ether oxygens (including phenoxy) is 1. The lowest BCUT2D eigenvalue weighted by Crippen LogP contribution is -2.49. The van der Waals surface area contributed by atoms with Gasteiger partial charge in [-0.1, -0.05) is 30.3 Å². The van der Waals surface area contributed by atoms with Crippen LogP contribution >= 0.6 is 11.8 Å². The van der Waals surface area contributed by atoms with Crippen molar-refractivity contribution in [2.75, 3.05) is 18.6 Å². The van der Waals surface area contributed by atoms with E-state index >= 15 is 0 Å². The lowest BCUT2D eigenvalue weighted by Gasteiger charge is -2.21. The summed E-state index contributed by atoms with van der Waals surface area (Å²) >= 11 is 1.22. The number of hydrazine groups is 1. The first-order valence-corrected chi connectivity index (χ1v) is 9.66. The minimum Gasteiger partial charge on any atom is -0.469 e. The second kappa shape index (κ2) is 9.40. The zero-order valence-corrected chi connectivity index (χ0v) is 16.1. The Kier molecular flexibility index (Phi) is 7.23. The smallest absolute Gasteiger partial charge is 0.344 e. The summed E-state index contributed by atoms with van der Waals surface area (Å²) in [4.78, 5) is 47.7. The molecule has 1 aromatic carbocycles. The molecule has 1 aliphatic rings. The Morgan fingerprint density at radius 1 is 1.26 bits per heavy atom. The number of urea groups is 1. The number of benzene rings is 1. The Morgan fingerprint density at radius 2 is 1.96 bits per heavy atom. The van der Waals surface area contributed by atoms with Gasteiger partial charge < -0.3 is 10.1 Å². The number of esters is 1. The van der Waals surface area contributed by atoms with Crippen LogP contribution in [-0.4, -0.2) is 53.0 Å². The van der Waals surface area contributed by atoms with E-state index in [0.717, 1.165) is 10.6 Å². The molecule has 1 heterocycles. The number of nitrogens with zero attached hydrogens (tertiary/aromatic N) is 1. The fourth-order valence-corrected chi connectivity index (χ4v) is 3.28. The maximum absolute atomic E-state index is 12.6. The average molecular weight is 393 g/mol. The van der Waals surface area contributed by atoms with Crippen LogP contribution in [0.5, 0.6) is 0 Å². The normalized spacial score (nSPS) is 19.0. The Hall–Kier alpha value is -2.55. The van der Waals surface area contributed by atoms with Gasteiger partial charge in [-0.15, -0.1) is 0 Å². The van der Waals surface area contributed by atoms with E-state index in [4.69, 9.17) is 0 Å². The van der Waals surface area contributed by atoms with Crippen molar-refractivity contribution in [1.82, 2.24) is 15.8 Å². The number of nitrogens with one attached hydrogen (secondary N) is 2. The third-order valence-corrected chi connectivity index (χ3v) is 5.12. The van der Waals surface area contributed by atoms with Gasteiger partial charge in [-0.2, -0.15) is 16.8 Å². The molecule has 9 heteroatoms. The summed E-state index contributed by atoms with van der Waals surface area (Å²) in [5, 5.41) is 3.38. The molecule has 0 saturated carbocycles. The molecule has 0 spiro atoms. The third-order valence-electron chi connectivity index (χ3n) is 4.17. The molecule has 0 aromatic heterocycles. The number of hydrogen-bond acceptors (Lipinski definition) is 6. The van der Waals surface area contributed by atoms with Crippen molar-refractivity contribution in [2.45, 2.75) is 31.7 Å². The van der Waals surface area contributed by atoms with Gasteiger partial charge in [0.25, 0.3) is 5.91 Å². The van der Waals surface area contributed by atoms with E-state index in [9.17, 15) is 19.2 Å². The Labute approximate surface area is 162 Å². The highest BCUT2D eigenvalue weighted by atomic mass is 32.2. The molecule has 1 atom stereocenters. The molecule has 1 aliphatic heterocycles. The van der Waals surface area contributed by atoms with Crippen molar-refractivity contribution in [3.63, 3.8) is 0 Å². The Balaban J connectivity index is 1.83. The molecule has 8 nitrogen and oxygen atoms in total. The first kappa shape index (κ1) is 20.8. The highest BCUT2D eigenvalue weighted by Crippen LogP contribution is 2.22. The Bertz CT molecular complexity index is 712. The average Bonchev–Trinajstić information content (AvgIpc) is 2.87. The second-order valence-corrected chi connectivity index (χ2v) is 7.41. The minimum absolute atomic E-state index is 0.0226. The van der Waals surface area contributed by atoms with Crippen LogP contribution in [0.15, 0.2) is 30.3 Å². The lowest BCUT2D eigenvalue weighted by molar-refractivity contribution is -0.140. The van der Waals surface area contributed by atoms with Gasteiger partial charge >= 0.3 is 12.0 Å². The summed E-state index contributed by atoms with van der Waals surface area (Å²) in [5.74, 6) is -0.896. The molecule has 27 heavy (non-hydrogen) atoms. The van der Waals surface area contributed by atoms with E-state index < -0.39 is 23.4 Å². The minimum atomic E-state index is -1.07. The van der Waals surface area contributed by atoms with Crippen molar-refractivity contribution in [1.29, 1.82) is 0 Å². The molecular weight excluding hydrogens is 370 g/mol. The van der Waals surface area contributed by atoms with Gasteiger partial charge in [-0.05, 0) is 25.3 Å². The highest BCUT2D eigenvalue weighted by molar-refractivity contribution is 7.99. The van der Waals surface area contributed by atoms with Gasteiger partial charge in [0.15, 0.2) is 0 Å². The maximum atomic E-state index is 12.6. The summed E-state index contributed by atoms with van der Waals surface area (Å²) < 4.78 is 4.51. The zero-order chi connectivity index (χ0) is 19.9. The number of amides is 4. The highest BCUT2D eigenvalue weighted by Gasteiger charge is 2.48. The summed E-state index contributed by atoms with van der Waals surface area (Å²) in [5.41, 5.74) is 2.32. The maximum Gasteiger partial charge on any atom is 0.344 e. The molecule has 146 valence electrons. The van der Waals surface area contributed by atoms with E-state index in [1.165, 1.54) is 18.9 Å². The first-order chi connectivity index (χ1) is 12.9. The van der Waals surface area contributed by atoms with E-state index in [1.807, 2.05) is 30.3 Å². The fourth-order valence-electron chi connectivity index (χ4n) is 2.57. The Morgan fingerprint density at radius 3 is 2.63 bits per heavy atom. The van der Waals surface area contributed by atoms with E-state index in [-0.39, 0.29) is 18.1 Å². The van der Waals surface area contributed by atoms with Crippen molar-refractivity contribution in [2.24, 2.45) is 0 Å². The van der Waals surface area contributed by atoms with Crippen molar-refractivity contribution >= 4 is 35.6 Å². The molecule has 0 aliphatic carbocycles. The number of methoxy groups -OCH3 is 1. The van der Waals surface area contributed by atoms with Gasteiger partial charge in [-0.3, -0.25) is 19.8 Å². The van der Waals surface area contributed by atoms with Crippen molar-refractivity contribution < 1.29 is 23.9 Å². The van der Waals surface area contributed by atoms with Crippen molar-refractivity contribution in [3.05, 3.63) is 35.9 Å². The van der Waals surface area contributed by atoms with Gasteiger partial charge in [0, 0.05) is 5.75 Å². The van der Waals surface area contributed by atoms with Crippen LogP contribution in [0.3, 0.4) is 0 Å². The molecule has 2 N–H and O–H groups in total. The number of aryl methyl sites for hydroxylation is 1. The van der Waals surface area contributed by atoms with Gasteiger partial charge in [0.1, 0.15) is 5.54 Å². The quantitative estimate of drug-likeness (QED) is 0.372. The number of hydrogen-bond donors (Lipinski definition) is 2. The summed E-state index contributed by atoms with van der Waals surface area (Å²) in [6.45, 7) is 1.65. The molecular formula is C18H23N3O5S. The monoisotopic (exact) mass is 393 g/mol. The number of carbonyl (C=O) groups is 4. The number of carbonyl (C=O) groups excluding carboxylic acids is 4. The third kappa shape index (κ3) is 5.72. The summed E-state index contributed by atoms with van der Waals surface area (Å²) in [6, 6.07) is 9.00. The lowest BCUT2D eigenvalue weighted by atomic mass is 9.93. The van der Waals surface area contributed by atoms with Crippen LogP contribution in [0.1, 0.15) is 25.3 Å². The van der Waals surface area contributed by atoms with Crippen LogP contribution < -0.4 is 10.7 Å². The van der Waals surface area contributed by atoms with E-state index in [2.05, 4.69) is 15.5 Å². The molecule has 0 unspecified atom stereocenters. The summed E-state index contributed by atoms with van der Waals surface area (Å²) in [6.07, 6.45) is 1.23. The molecule has 1 saturated heterocycles. The number of rotatable bonds is 9. The fraction of sp³-hybridized carbons (Fsp3) is 0.444. The topological polar surface area (TPSA) is 105 Å². The number of thioether (sulfide) groups is 1. The van der Waals surface area contributed by atoms with Gasteiger partial charge in [0.05, 0.1) is 19.3 Å². The van der Waals surface area contributed by atoms with Crippen LogP contribution in [-0.2, 0) is 25.5 Å². The zero-order valence-electron chi connectivity index (χ0n) is 15.3. The first-order valence-electron chi connectivity index (χ1n) is 8.50. The second-order valence-electron chi connectivity index (χ2n) is 6.30. The molecule has 1 aromatic rings. The molecule has 1 fully saturated rings. The molecule has 0 bridgehead atoms. The predicted molar refractivity (Wildman–Crippen MR) is 101 cm³/mol. The summed E-state index contributed by atoms with van der Waals surface area (Å²) in [7, 11) is 1.30. The van der Waals surface area contributed by atoms with Crippen LogP contribution in [0.25, 0.3) is 0 Å². The van der Waals surface area contributed by atoms with E-state index in [0.29, 0.717) is 18.6 Å². The van der Waals surface area contributed by atoms with Crippen molar-refractivity contribution in [3.8, 4) is 0 Å². The van der Waals surface area contributed by atoms with Crippen LogP contribution in [0, 0.1) is 0 Å². The molecule has 2 rings (SSSR count). The van der Waals surface area contributed by atoms with Crippen LogP contribution in [0.2, 0.25) is 0 Å². The largest absolute Gasteiger partial charge is 0.469 e. The molecule has 4 amide bonds. The molecule has 0 radical (unpaired) electrons. The van der Waals surface area contributed by atoms with E-state index in [1.54, 1.807) is 6.92 Å².